The van der Waals surface area contributed by atoms with E-state index in [-0.39, 0.29) is 12.5 Å². The van der Waals surface area contributed by atoms with Crippen LogP contribution in [0.5, 0.6) is 0 Å². The first-order valence-corrected chi connectivity index (χ1v) is 6.19. The number of esters is 1. The number of hydrogen-bond acceptors (Lipinski definition) is 3. The fourth-order valence-corrected chi connectivity index (χ4v) is 2.02. The second-order valence-electron chi connectivity index (χ2n) is 3.74. The summed E-state index contributed by atoms with van der Waals surface area (Å²) in [5, 5.41) is 5.38. The predicted octanol–water partition coefficient (Wildman–Crippen LogP) is 2.67. The normalized spacial score (nSPS) is 10.8. The molecule has 0 radical (unpaired) electrons. The van der Waals surface area contributed by atoms with E-state index in [2.05, 4.69) is 21.0 Å². The van der Waals surface area contributed by atoms with Crippen LogP contribution in [0.1, 0.15) is 12.5 Å². The number of carbonyl (C=O) groups excluding carboxylic acids is 1. The maximum Gasteiger partial charge on any atom is 0.327 e. The first-order chi connectivity index (χ1) is 8.11. The third-order valence-electron chi connectivity index (χ3n) is 2.54. The Morgan fingerprint density at radius 2 is 2.29 bits per heavy atom. The number of ether oxygens (including phenoxy) is 1. The van der Waals surface area contributed by atoms with Crippen LogP contribution in [0.15, 0.2) is 22.8 Å². The van der Waals surface area contributed by atoms with Crippen molar-refractivity contribution in [2.75, 3.05) is 6.61 Å². The van der Waals surface area contributed by atoms with Crippen LogP contribution < -0.4 is 0 Å². The van der Waals surface area contributed by atoms with Gasteiger partial charge < -0.3 is 4.74 Å². The van der Waals surface area contributed by atoms with E-state index >= 15 is 0 Å². The highest BCUT2D eigenvalue weighted by atomic mass is 79.9. The molecule has 0 saturated heterocycles. The fourth-order valence-electron chi connectivity index (χ4n) is 1.67. The average Bonchev–Trinajstić information content (AvgIpc) is 2.67. The molecule has 0 saturated carbocycles. The van der Waals surface area contributed by atoms with Crippen molar-refractivity contribution in [3.63, 3.8) is 0 Å². The van der Waals surface area contributed by atoms with Gasteiger partial charge in [0.1, 0.15) is 6.54 Å². The summed E-state index contributed by atoms with van der Waals surface area (Å²) in [5.41, 5.74) is 2.01. The van der Waals surface area contributed by atoms with Gasteiger partial charge in [-0.15, -0.1) is 0 Å². The Labute approximate surface area is 108 Å². The second-order valence-corrected chi connectivity index (χ2v) is 4.59. The molecule has 0 fully saturated rings. The monoisotopic (exact) mass is 296 g/mol. The van der Waals surface area contributed by atoms with Crippen molar-refractivity contribution in [1.29, 1.82) is 0 Å². The first kappa shape index (κ1) is 12.1. The molecular formula is C12H13BrN2O2. The van der Waals surface area contributed by atoms with Crippen LogP contribution in [0.25, 0.3) is 10.9 Å². The predicted molar refractivity (Wildman–Crippen MR) is 68.8 cm³/mol. The molecule has 2 rings (SSSR count). The molecule has 0 aliphatic rings. The number of halogens is 1. The van der Waals surface area contributed by atoms with Crippen molar-refractivity contribution >= 4 is 32.8 Å². The zero-order chi connectivity index (χ0) is 12.4. The van der Waals surface area contributed by atoms with Crippen LogP contribution in [-0.2, 0) is 16.1 Å². The Hall–Kier alpha value is -1.36. The highest BCUT2D eigenvalue weighted by molar-refractivity contribution is 9.10. The fraction of sp³-hybridized carbons (Fsp3) is 0.333. The van der Waals surface area contributed by atoms with Gasteiger partial charge in [0.25, 0.3) is 0 Å². The van der Waals surface area contributed by atoms with Crippen LogP contribution in [0.2, 0.25) is 0 Å². The second kappa shape index (κ2) is 4.87. The molecule has 1 heterocycles. The lowest BCUT2D eigenvalue weighted by molar-refractivity contribution is -0.144. The van der Waals surface area contributed by atoms with Gasteiger partial charge in [-0.1, -0.05) is 15.9 Å². The summed E-state index contributed by atoms with van der Waals surface area (Å²) in [4.78, 5) is 11.3. The summed E-state index contributed by atoms with van der Waals surface area (Å²) in [7, 11) is 0. The van der Waals surface area contributed by atoms with Crippen LogP contribution >= 0.6 is 15.9 Å². The molecule has 0 N–H and O–H groups in total. The molecule has 0 spiro atoms. The minimum Gasteiger partial charge on any atom is -0.465 e. The van der Waals surface area contributed by atoms with Gasteiger partial charge in [-0.05, 0) is 31.5 Å². The van der Waals surface area contributed by atoms with E-state index in [4.69, 9.17) is 4.74 Å². The van der Waals surface area contributed by atoms with Crippen LogP contribution in [0.4, 0.5) is 0 Å². The maximum atomic E-state index is 11.3. The van der Waals surface area contributed by atoms with Crippen LogP contribution in [0, 0.1) is 6.92 Å². The molecule has 0 aliphatic carbocycles. The summed E-state index contributed by atoms with van der Waals surface area (Å²) in [6, 6.07) is 3.88. The number of fused-ring (bicyclic) bond motifs is 1. The average molecular weight is 297 g/mol. The van der Waals surface area contributed by atoms with Gasteiger partial charge in [-0.3, -0.25) is 9.48 Å². The molecule has 0 bridgehead atoms. The van der Waals surface area contributed by atoms with E-state index in [0.29, 0.717) is 6.61 Å². The molecule has 4 nitrogen and oxygen atoms in total. The topological polar surface area (TPSA) is 44.1 Å². The molecule has 0 aliphatic heterocycles. The van der Waals surface area contributed by atoms with Crippen molar-refractivity contribution in [2.24, 2.45) is 0 Å². The molecule has 0 unspecified atom stereocenters. The van der Waals surface area contributed by atoms with E-state index < -0.39 is 0 Å². The summed E-state index contributed by atoms with van der Waals surface area (Å²) >= 11 is 3.47. The number of aromatic nitrogens is 2. The summed E-state index contributed by atoms with van der Waals surface area (Å²) in [5.74, 6) is -0.267. The van der Waals surface area contributed by atoms with Gasteiger partial charge in [0.05, 0.1) is 12.1 Å². The largest absolute Gasteiger partial charge is 0.465 e. The number of nitrogens with zero attached hydrogens (tertiary/aromatic N) is 2. The Kier molecular flexibility index (Phi) is 3.47. The van der Waals surface area contributed by atoms with Gasteiger partial charge in [0.15, 0.2) is 0 Å². The SMILES string of the molecule is CCOC(=O)Cn1cc2c(C)c(Br)ccc2n1. The number of hydrogen-bond donors (Lipinski definition) is 0. The molecule has 0 amide bonds. The zero-order valence-electron chi connectivity index (χ0n) is 9.74. The van der Waals surface area contributed by atoms with Crippen molar-refractivity contribution < 1.29 is 9.53 Å². The quantitative estimate of drug-likeness (QED) is 0.818. The van der Waals surface area contributed by atoms with Gasteiger partial charge in [0.2, 0.25) is 0 Å². The summed E-state index contributed by atoms with van der Waals surface area (Å²) in [6.07, 6.45) is 1.87. The van der Waals surface area contributed by atoms with Crippen molar-refractivity contribution in [1.82, 2.24) is 9.78 Å². The zero-order valence-corrected chi connectivity index (χ0v) is 11.3. The molecule has 2 aromatic rings. The van der Waals surface area contributed by atoms with E-state index in [1.807, 2.05) is 25.3 Å². The van der Waals surface area contributed by atoms with Gasteiger partial charge in [0, 0.05) is 16.1 Å². The minimum absolute atomic E-state index is 0.152. The Balaban J connectivity index is 2.32. The molecule has 0 atom stereocenters. The minimum atomic E-state index is -0.267. The lowest BCUT2D eigenvalue weighted by Crippen LogP contribution is -2.13. The standard InChI is InChI=1S/C12H13BrN2O2/c1-3-17-12(16)7-15-6-9-8(2)10(13)4-5-11(9)14-15/h4-6H,3,7H2,1-2H3. The maximum absolute atomic E-state index is 11.3. The van der Waals surface area contributed by atoms with E-state index in [0.717, 1.165) is 20.9 Å². The smallest absolute Gasteiger partial charge is 0.327 e. The van der Waals surface area contributed by atoms with Gasteiger partial charge in [-0.25, -0.2) is 0 Å². The van der Waals surface area contributed by atoms with E-state index in [1.165, 1.54) is 0 Å². The van der Waals surface area contributed by atoms with Crippen LogP contribution in [0.3, 0.4) is 0 Å². The van der Waals surface area contributed by atoms with Crippen LogP contribution in [-0.4, -0.2) is 22.4 Å². The highest BCUT2D eigenvalue weighted by Gasteiger charge is 2.09. The Morgan fingerprint density at radius 3 is 3.00 bits per heavy atom. The number of aryl methyl sites for hydroxylation is 1. The first-order valence-electron chi connectivity index (χ1n) is 5.39. The summed E-state index contributed by atoms with van der Waals surface area (Å²) < 4.78 is 7.54. The molecule has 5 heteroatoms. The lowest BCUT2D eigenvalue weighted by Gasteiger charge is -2.00. The third-order valence-corrected chi connectivity index (χ3v) is 3.40. The molecule has 1 aromatic carbocycles. The molecule has 1 aromatic heterocycles. The summed E-state index contributed by atoms with van der Waals surface area (Å²) in [6.45, 7) is 4.35. The number of benzene rings is 1. The number of rotatable bonds is 3. The van der Waals surface area contributed by atoms with Crippen molar-refractivity contribution in [2.45, 2.75) is 20.4 Å². The highest BCUT2D eigenvalue weighted by Crippen LogP contribution is 2.24. The Bertz CT molecular complexity index is 563. The molecule has 17 heavy (non-hydrogen) atoms. The van der Waals surface area contributed by atoms with Gasteiger partial charge in [-0.2, -0.15) is 5.10 Å². The van der Waals surface area contributed by atoms with E-state index in [1.54, 1.807) is 11.6 Å². The van der Waals surface area contributed by atoms with Gasteiger partial charge >= 0.3 is 5.97 Å². The third kappa shape index (κ3) is 2.49. The molecular weight excluding hydrogens is 284 g/mol. The van der Waals surface area contributed by atoms with Crippen molar-refractivity contribution in [3.05, 3.63) is 28.4 Å². The Morgan fingerprint density at radius 1 is 1.53 bits per heavy atom. The molecule has 90 valence electrons. The van der Waals surface area contributed by atoms with E-state index in [9.17, 15) is 4.79 Å². The number of carbonyl (C=O) groups is 1. The van der Waals surface area contributed by atoms with Crippen molar-refractivity contribution in [3.8, 4) is 0 Å². The lowest BCUT2D eigenvalue weighted by atomic mass is 10.1.